The van der Waals surface area contributed by atoms with Crippen molar-refractivity contribution in [3.8, 4) is 5.75 Å². The maximum Gasteiger partial charge on any atom is 0.261 e. The Balaban J connectivity index is 2.13. The lowest BCUT2D eigenvalue weighted by Crippen LogP contribution is -2.50. The Bertz CT molecular complexity index is 806. The van der Waals surface area contributed by atoms with Gasteiger partial charge in [0.05, 0.1) is 0 Å². The molecule has 0 aliphatic heterocycles. The second-order valence-electron chi connectivity index (χ2n) is 7.24. The summed E-state index contributed by atoms with van der Waals surface area (Å²) in [4.78, 5) is 27.2. The third kappa shape index (κ3) is 7.20. The molecule has 2 rings (SSSR count). The molecule has 0 unspecified atom stereocenters. The molecule has 0 radical (unpaired) electrons. The van der Waals surface area contributed by atoms with E-state index in [9.17, 15) is 9.59 Å². The Morgan fingerprint density at radius 2 is 1.69 bits per heavy atom. The maximum atomic E-state index is 13.0. The summed E-state index contributed by atoms with van der Waals surface area (Å²) in [5, 5.41) is 2.96. The van der Waals surface area contributed by atoms with E-state index in [1.807, 2.05) is 57.2 Å². The summed E-state index contributed by atoms with van der Waals surface area (Å²) < 4.78 is 6.59. The molecule has 1 N–H and O–H groups in total. The number of carbonyl (C=O) groups is 2. The highest BCUT2D eigenvalue weighted by Gasteiger charge is 2.27. The van der Waals surface area contributed by atoms with E-state index in [0.29, 0.717) is 12.3 Å². The number of ether oxygens (including phenoxy) is 1. The second kappa shape index (κ2) is 11.0. The van der Waals surface area contributed by atoms with Crippen LogP contribution in [-0.4, -0.2) is 35.4 Å². The number of halogens is 1. The van der Waals surface area contributed by atoms with Crippen LogP contribution in [0.25, 0.3) is 0 Å². The van der Waals surface area contributed by atoms with Crippen molar-refractivity contribution in [1.29, 1.82) is 0 Å². The molecule has 2 atom stereocenters. The molecule has 0 spiro atoms. The third-order valence-corrected chi connectivity index (χ3v) is 5.35. The molecule has 6 heteroatoms. The van der Waals surface area contributed by atoms with E-state index in [1.54, 1.807) is 24.0 Å². The van der Waals surface area contributed by atoms with Gasteiger partial charge in [-0.2, -0.15) is 0 Å². The Kier molecular flexibility index (Phi) is 8.70. The van der Waals surface area contributed by atoms with Gasteiger partial charge in [-0.05, 0) is 57.0 Å². The molecular weight excluding hydrogens is 432 g/mol. The Labute approximate surface area is 181 Å². The standard InChI is InChI=1S/C23H29BrN2O3/c1-5-17(3)25-23(28)18(4)26(14-19-8-6-16(2)7-9-19)22(27)15-29-21-12-10-20(24)11-13-21/h6-13,17-18H,5,14-15H2,1-4H3,(H,25,28)/t17-,18+/m0/s1. The van der Waals surface area contributed by atoms with E-state index in [-0.39, 0.29) is 24.5 Å². The average molecular weight is 461 g/mol. The van der Waals surface area contributed by atoms with Crippen molar-refractivity contribution in [1.82, 2.24) is 10.2 Å². The van der Waals surface area contributed by atoms with Gasteiger partial charge >= 0.3 is 0 Å². The molecule has 2 aromatic rings. The highest BCUT2D eigenvalue weighted by atomic mass is 79.9. The molecule has 0 aliphatic carbocycles. The molecule has 5 nitrogen and oxygen atoms in total. The average Bonchev–Trinajstić information content (AvgIpc) is 2.72. The van der Waals surface area contributed by atoms with Crippen LogP contribution in [0.5, 0.6) is 5.75 Å². The van der Waals surface area contributed by atoms with Gasteiger partial charge in [-0.15, -0.1) is 0 Å². The molecule has 0 bridgehead atoms. The lowest BCUT2D eigenvalue weighted by Gasteiger charge is -2.29. The first-order chi connectivity index (χ1) is 13.8. The summed E-state index contributed by atoms with van der Waals surface area (Å²) in [5.41, 5.74) is 2.11. The monoisotopic (exact) mass is 460 g/mol. The summed E-state index contributed by atoms with van der Waals surface area (Å²) in [6, 6.07) is 14.7. The minimum atomic E-state index is -0.605. The molecular formula is C23H29BrN2O3. The van der Waals surface area contributed by atoms with E-state index < -0.39 is 6.04 Å². The summed E-state index contributed by atoms with van der Waals surface area (Å²) >= 11 is 3.38. The predicted octanol–water partition coefficient (Wildman–Crippen LogP) is 4.47. The molecule has 0 saturated heterocycles. The van der Waals surface area contributed by atoms with Crippen LogP contribution in [0.15, 0.2) is 53.0 Å². The quantitative estimate of drug-likeness (QED) is 0.600. The topological polar surface area (TPSA) is 58.6 Å². The molecule has 0 aliphatic rings. The number of hydrogen-bond donors (Lipinski definition) is 1. The van der Waals surface area contributed by atoms with Crippen molar-refractivity contribution in [2.24, 2.45) is 0 Å². The SMILES string of the molecule is CC[C@H](C)NC(=O)[C@@H](C)N(Cc1ccc(C)cc1)C(=O)COc1ccc(Br)cc1. The van der Waals surface area contributed by atoms with Crippen molar-refractivity contribution in [3.05, 3.63) is 64.1 Å². The van der Waals surface area contributed by atoms with E-state index in [4.69, 9.17) is 4.74 Å². The zero-order valence-electron chi connectivity index (χ0n) is 17.4. The van der Waals surface area contributed by atoms with Crippen LogP contribution in [0.3, 0.4) is 0 Å². The summed E-state index contributed by atoms with van der Waals surface area (Å²) in [5.74, 6) is 0.206. The lowest BCUT2D eigenvalue weighted by molar-refractivity contribution is -0.142. The summed E-state index contributed by atoms with van der Waals surface area (Å²) in [6.07, 6.45) is 0.830. The lowest BCUT2D eigenvalue weighted by atomic mass is 10.1. The summed E-state index contributed by atoms with van der Waals surface area (Å²) in [7, 11) is 0. The van der Waals surface area contributed by atoms with Crippen LogP contribution in [0.2, 0.25) is 0 Å². The minimum absolute atomic E-state index is 0.0558. The smallest absolute Gasteiger partial charge is 0.261 e. The third-order valence-electron chi connectivity index (χ3n) is 4.82. The normalized spacial score (nSPS) is 12.7. The molecule has 2 aromatic carbocycles. The van der Waals surface area contributed by atoms with Crippen LogP contribution >= 0.6 is 15.9 Å². The fourth-order valence-corrected chi connectivity index (χ4v) is 2.96. The molecule has 156 valence electrons. The molecule has 0 fully saturated rings. The van der Waals surface area contributed by atoms with Crippen molar-refractivity contribution < 1.29 is 14.3 Å². The van der Waals surface area contributed by atoms with Crippen LogP contribution < -0.4 is 10.1 Å². The van der Waals surface area contributed by atoms with Gasteiger partial charge < -0.3 is 15.0 Å². The first-order valence-electron chi connectivity index (χ1n) is 9.84. The van der Waals surface area contributed by atoms with Gasteiger partial charge in [-0.3, -0.25) is 9.59 Å². The van der Waals surface area contributed by atoms with Gasteiger partial charge in [0.25, 0.3) is 5.91 Å². The maximum absolute atomic E-state index is 13.0. The number of nitrogens with zero attached hydrogens (tertiary/aromatic N) is 1. The van der Waals surface area contributed by atoms with E-state index in [0.717, 1.165) is 22.0 Å². The van der Waals surface area contributed by atoms with Crippen molar-refractivity contribution in [3.63, 3.8) is 0 Å². The first-order valence-corrected chi connectivity index (χ1v) is 10.6. The van der Waals surface area contributed by atoms with Gasteiger partial charge in [-0.25, -0.2) is 0 Å². The molecule has 2 amide bonds. The number of aryl methyl sites for hydroxylation is 1. The summed E-state index contributed by atoms with van der Waals surface area (Å²) in [6.45, 7) is 7.95. The zero-order valence-corrected chi connectivity index (χ0v) is 19.0. The van der Waals surface area contributed by atoms with E-state index in [2.05, 4.69) is 21.2 Å². The Hall–Kier alpha value is -2.34. The molecule has 0 heterocycles. The number of amides is 2. The van der Waals surface area contributed by atoms with Crippen LogP contribution in [0, 0.1) is 6.92 Å². The van der Waals surface area contributed by atoms with Gasteiger partial charge in [0, 0.05) is 17.1 Å². The number of nitrogens with one attached hydrogen (secondary N) is 1. The van der Waals surface area contributed by atoms with Crippen LogP contribution in [0.1, 0.15) is 38.3 Å². The molecule has 0 aromatic heterocycles. The van der Waals surface area contributed by atoms with Gasteiger partial charge in [0.15, 0.2) is 6.61 Å². The predicted molar refractivity (Wildman–Crippen MR) is 119 cm³/mol. The highest BCUT2D eigenvalue weighted by molar-refractivity contribution is 9.10. The fraction of sp³-hybridized carbons (Fsp3) is 0.391. The van der Waals surface area contributed by atoms with Crippen molar-refractivity contribution >= 4 is 27.7 Å². The zero-order chi connectivity index (χ0) is 21.4. The number of rotatable bonds is 9. The Morgan fingerprint density at radius 3 is 2.28 bits per heavy atom. The van der Waals surface area contributed by atoms with Gasteiger partial charge in [0.2, 0.25) is 5.91 Å². The number of carbonyl (C=O) groups excluding carboxylic acids is 2. The molecule has 0 saturated carbocycles. The fourth-order valence-electron chi connectivity index (χ4n) is 2.70. The number of benzene rings is 2. The second-order valence-corrected chi connectivity index (χ2v) is 8.16. The van der Waals surface area contributed by atoms with Crippen molar-refractivity contribution in [2.45, 2.75) is 52.7 Å². The van der Waals surface area contributed by atoms with E-state index >= 15 is 0 Å². The number of hydrogen-bond acceptors (Lipinski definition) is 3. The minimum Gasteiger partial charge on any atom is -0.484 e. The largest absolute Gasteiger partial charge is 0.484 e. The van der Waals surface area contributed by atoms with Gasteiger partial charge in [-0.1, -0.05) is 52.7 Å². The highest BCUT2D eigenvalue weighted by Crippen LogP contribution is 2.17. The van der Waals surface area contributed by atoms with Gasteiger partial charge in [0.1, 0.15) is 11.8 Å². The van der Waals surface area contributed by atoms with E-state index in [1.165, 1.54) is 0 Å². The van der Waals surface area contributed by atoms with Crippen molar-refractivity contribution in [2.75, 3.05) is 6.61 Å². The van der Waals surface area contributed by atoms with Crippen LogP contribution in [-0.2, 0) is 16.1 Å². The first kappa shape index (κ1) is 22.9. The van der Waals surface area contributed by atoms with Crippen LogP contribution in [0.4, 0.5) is 0 Å². The molecule has 29 heavy (non-hydrogen) atoms. The Morgan fingerprint density at radius 1 is 1.07 bits per heavy atom.